The van der Waals surface area contributed by atoms with Crippen LogP contribution in [-0.4, -0.2) is 106 Å². The van der Waals surface area contributed by atoms with E-state index in [0.29, 0.717) is 60.0 Å². The van der Waals surface area contributed by atoms with Crippen LogP contribution in [0.15, 0.2) is 96.6 Å². The lowest BCUT2D eigenvalue weighted by atomic mass is 9.65. The summed E-state index contributed by atoms with van der Waals surface area (Å²) in [4.78, 5) is 76.5. The van der Waals surface area contributed by atoms with E-state index < -0.39 is 17.7 Å². The third kappa shape index (κ3) is 15.8. The Bertz CT molecular complexity index is 2590. The SMILES string of the molecule is CC(C)(Oc1ccc(CCNC(=O)c2ccc(Cl)cc2)cc1)C(=O)O.CC[C@H](C)C(=O)O[C@H]1C[C@@H](C)C=C2C=C[C@H](C)[C@H](CC[C@@H]3C[C@@H](O)CC(=O)O3)[C@H]21.O=C(C1CCCCC1)N1CC(=O)N2CCc3ccccc3C2C1. The number of aliphatic carboxylic acids is 1. The molecule has 6 aliphatic rings. The van der Waals surface area contributed by atoms with E-state index in [0.717, 1.165) is 69.9 Å². The summed E-state index contributed by atoms with van der Waals surface area (Å²) in [5.41, 5.74) is 4.12. The number of aliphatic hydroxyl groups is 1. The monoisotopic (exact) mass is 1080 g/mol. The Morgan fingerprint density at radius 2 is 1.65 bits per heavy atom. The third-order valence-corrected chi connectivity index (χ3v) is 16.5. The van der Waals surface area contributed by atoms with E-state index in [1.165, 1.54) is 37.0 Å². The van der Waals surface area contributed by atoms with Gasteiger partial charge in [-0.05, 0) is 142 Å². The maximum Gasteiger partial charge on any atom is 0.347 e. The second kappa shape index (κ2) is 27.1. The van der Waals surface area contributed by atoms with Crippen molar-refractivity contribution in [2.24, 2.45) is 35.5 Å². The lowest BCUT2D eigenvalue weighted by molar-refractivity contribution is -0.162. The highest BCUT2D eigenvalue weighted by Gasteiger charge is 2.43. The summed E-state index contributed by atoms with van der Waals surface area (Å²) in [7, 11) is 0. The highest BCUT2D eigenvalue weighted by molar-refractivity contribution is 6.30. The molecule has 1 saturated carbocycles. The predicted molar refractivity (Wildman–Crippen MR) is 295 cm³/mol. The van der Waals surface area contributed by atoms with E-state index in [4.69, 9.17) is 30.9 Å². The maximum absolute atomic E-state index is 12.8. The number of carbonyl (C=O) groups excluding carboxylic acids is 5. The normalized spacial score (nSPS) is 25.3. The van der Waals surface area contributed by atoms with Gasteiger partial charge in [-0.25, -0.2) is 4.79 Å². The summed E-state index contributed by atoms with van der Waals surface area (Å²) >= 11 is 5.80. The number of amides is 3. The molecule has 9 rings (SSSR count). The Morgan fingerprint density at radius 3 is 2.34 bits per heavy atom. The Hall–Kier alpha value is -5.99. The number of halogens is 1. The summed E-state index contributed by atoms with van der Waals surface area (Å²) in [6, 6.07) is 22.3. The first kappa shape index (κ1) is 58.7. The average molecular weight is 1080 g/mol. The van der Waals surface area contributed by atoms with Crippen molar-refractivity contribution in [3.63, 3.8) is 0 Å². The van der Waals surface area contributed by atoms with E-state index in [-0.39, 0.29) is 78.6 Å². The topological polar surface area (TPSA) is 189 Å². The molecule has 0 bridgehead atoms. The molecule has 0 spiro atoms. The molecule has 3 heterocycles. The van der Waals surface area contributed by atoms with Gasteiger partial charge in [0.2, 0.25) is 11.8 Å². The third-order valence-electron chi connectivity index (χ3n) is 16.3. The number of carbonyl (C=O) groups is 6. The number of esters is 2. The molecule has 3 fully saturated rings. The summed E-state index contributed by atoms with van der Waals surface area (Å²) in [6.07, 6.45) is 16.8. The molecule has 0 radical (unpaired) electrons. The van der Waals surface area contributed by atoms with Gasteiger partial charge in [0.25, 0.3) is 5.91 Å². The number of carboxylic acid groups (broad SMARTS) is 1. The van der Waals surface area contributed by atoms with Crippen LogP contribution in [-0.2, 0) is 46.3 Å². The van der Waals surface area contributed by atoms with Gasteiger partial charge < -0.3 is 39.5 Å². The van der Waals surface area contributed by atoms with Gasteiger partial charge in [0, 0.05) is 48.5 Å². The number of hydrogen-bond acceptors (Lipinski definition) is 10. The Morgan fingerprint density at radius 1 is 0.935 bits per heavy atom. The highest BCUT2D eigenvalue weighted by atomic mass is 35.5. The predicted octanol–water partition coefficient (Wildman–Crippen LogP) is 10.3. The molecule has 77 heavy (non-hydrogen) atoms. The fraction of sp³-hybridized carbons (Fsp3) is 0.548. The van der Waals surface area contributed by atoms with Crippen molar-refractivity contribution in [2.45, 2.75) is 155 Å². The van der Waals surface area contributed by atoms with Crippen molar-refractivity contribution in [3.05, 3.63) is 124 Å². The molecule has 3 amide bonds. The van der Waals surface area contributed by atoms with Crippen LogP contribution in [0.4, 0.5) is 0 Å². The van der Waals surface area contributed by atoms with Crippen LogP contribution in [0.5, 0.6) is 5.75 Å². The van der Waals surface area contributed by atoms with E-state index in [2.05, 4.69) is 55.6 Å². The number of aliphatic hydroxyl groups excluding tert-OH is 1. The molecule has 3 aliphatic carbocycles. The van der Waals surface area contributed by atoms with Gasteiger partial charge in [0.15, 0.2) is 5.60 Å². The molecular weight excluding hydrogens is 998 g/mol. The summed E-state index contributed by atoms with van der Waals surface area (Å²) < 4.78 is 17.0. The fourth-order valence-electron chi connectivity index (χ4n) is 11.6. The molecule has 3 aromatic rings. The molecule has 2 saturated heterocycles. The van der Waals surface area contributed by atoms with E-state index in [1.807, 2.05) is 41.8 Å². The van der Waals surface area contributed by atoms with Gasteiger partial charge in [-0.1, -0.05) is 113 Å². The second-order valence-corrected chi connectivity index (χ2v) is 23.0. The number of nitrogens with zero attached hydrogens (tertiary/aromatic N) is 2. The number of nitrogens with one attached hydrogen (secondary N) is 1. The van der Waals surface area contributed by atoms with Crippen LogP contribution in [0.1, 0.15) is 145 Å². The van der Waals surface area contributed by atoms with E-state index in [1.54, 1.807) is 36.4 Å². The molecule has 3 N–H and O–H groups in total. The minimum Gasteiger partial charge on any atom is -0.478 e. The molecule has 3 aliphatic heterocycles. The average Bonchev–Trinajstić information content (AvgIpc) is 3.42. The largest absolute Gasteiger partial charge is 0.478 e. The molecule has 9 atom stereocenters. The van der Waals surface area contributed by atoms with Gasteiger partial charge in [-0.15, -0.1) is 0 Å². The van der Waals surface area contributed by atoms with Crippen molar-refractivity contribution in [1.82, 2.24) is 15.1 Å². The fourth-order valence-corrected chi connectivity index (χ4v) is 11.7. The number of carboxylic acids is 1. The quantitative estimate of drug-likeness (QED) is 0.130. The van der Waals surface area contributed by atoms with Crippen molar-refractivity contribution in [1.29, 1.82) is 0 Å². The van der Waals surface area contributed by atoms with Gasteiger partial charge in [0.1, 0.15) is 18.0 Å². The molecule has 416 valence electrons. The van der Waals surface area contributed by atoms with Crippen LogP contribution < -0.4 is 10.1 Å². The van der Waals surface area contributed by atoms with Gasteiger partial charge >= 0.3 is 17.9 Å². The van der Waals surface area contributed by atoms with Gasteiger partial charge in [-0.2, -0.15) is 0 Å². The minimum atomic E-state index is -1.28. The summed E-state index contributed by atoms with van der Waals surface area (Å²) in [5, 5.41) is 22.4. The number of fused-ring (bicyclic) bond motifs is 4. The van der Waals surface area contributed by atoms with Crippen LogP contribution in [0, 0.1) is 35.5 Å². The number of rotatable bonds is 14. The number of allylic oxidation sites excluding steroid dienone is 3. The second-order valence-electron chi connectivity index (χ2n) is 22.5. The lowest BCUT2D eigenvalue weighted by Crippen LogP contribution is -2.56. The zero-order valence-corrected chi connectivity index (χ0v) is 46.6. The lowest BCUT2D eigenvalue weighted by Gasteiger charge is -2.45. The minimum absolute atomic E-state index is 0.0498. The standard InChI is InChI=1S/C24H36O5.C19H20ClNO4.C19H24N2O2/c1-5-15(3)24(27)29-21-11-14(2)10-17-7-6-16(4)20(23(17)21)9-8-19-12-18(25)13-22(26)28-19;1-19(2,18(23)24)25-16-9-3-13(4-10-16)11-12-21-17(22)14-5-7-15(20)8-6-14;22-18-13-20(19(23)15-7-2-1-3-8-15)12-17-16-9-5-4-6-14(16)10-11-21(17)18/h6-7,10,14-16,18-21,23,25H,5,8-9,11-13H2,1-4H3;3-10H,11-12H2,1-2H3,(H,21,22)(H,23,24);4-6,9,15,17H,1-3,7-8,10-13H2/t14-,15-,16-,18+,19+,20-,21-,23-;;/m0../s1. The molecular formula is C62H80ClN3O11. The summed E-state index contributed by atoms with van der Waals surface area (Å²) in [6.45, 7) is 13.5. The van der Waals surface area contributed by atoms with E-state index >= 15 is 0 Å². The van der Waals surface area contributed by atoms with Crippen LogP contribution in [0.2, 0.25) is 5.02 Å². The van der Waals surface area contributed by atoms with Crippen molar-refractivity contribution in [2.75, 3.05) is 26.2 Å². The van der Waals surface area contributed by atoms with Crippen LogP contribution in [0.25, 0.3) is 0 Å². The zero-order valence-electron chi connectivity index (χ0n) is 45.8. The number of ether oxygens (including phenoxy) is 3. The number of piperazine rings is 1. The van der Waals surface area contributed by atoms with E-state index in [9.17, 15) is 33.9 Å². The molecule has 0 aromatic heterocycles. The van der Waals surface area contributed by atoms with Crippen molar-refractivity contribution < 1.29 is 53.2 Å². The summed E-state index contributed by atoms with van der Waals surface area (Å²) in [5.74, 6) is 0.524. The molecule has 1 unspecified atom stereocenters. The number of hydrogen-bond donors (Lipinski definition) is 3. The number of benzene rings is 3. The first-order valence-corrected chi connectivity index (χ1v) is 28.4. The zero-order chi connectivity index (χ0) is 55.4. The molecule has 3 aromatic carbocycles. The van der Waals surface area contributed by atoms with Crippen molar-refractivity contribution in [3.8, 4) is 5.75 Å². The van der Waals surface area contributed by atoms with Gasteiger partial charge in [-0.3, -0.25) is 24.0 Å². The Kier molecular flexibility index (Phi) is 20.6. The Balaban J connectivity index is 0.000000169. The molecule has 14 nitrogen and oxygen atoms in total. The first-order valence-electron chi connectivity index (χ1n) is 28.0. The highest BCUT2D eigenvalue weighted by Crippen LogP contribution is 2.45. The van der Waals surface area contributed by atoms with Crippen LogP contribution >= 0.6 is 11.6 Å². The Labute approximate surface area is 459 Å². The van der Waals surface area contributed by atoms with Gasteiger partial charge in [0.05, 0.1) is 31.0 Å². The smallest absolute Gasteiger partial charge is 0.347 e. The molecule has 15 heteroatoms. The maximum atomic E-state index is 12.8. The number of cyclic esters (lactones) is 1. The van der Waals surface area contributed by atoms with Crippen molar-refractivity contribution >= 4 is 47.2 Å². The first-order chi connectivity index (χ1) is 36.8. The van der Waals surface area contributed by atoms with Crippen LogP contribution in [0.3, 0.4) is 0 Å².